The lowest BCUT2D eigenvalue weighted by atomic mass is 10.2. The molecule has 1 rings (SSSR count). The lowest BCUT2D eigenvalue weighted by Crippen LogP contribution is -2.40. The number of ketones is 1. The monoisotopic (exact) mass is 199 g/mol. The Labute approximate surface area is 84.2 Å². The number of likely N-dealkylation sites (tertiary alicyclic amines) is 1. The fourth-order valence-electron chi connectivity index (χ4n) is 1.38. The zero-order valence-corrected chi connectivity index (χ0v) is 9.16. The van der Waals surface area contributed by atoms with E-state index in [1.807, 2.05) is 20.8 Å². The minimum Gasteiger partial charge on any atom is -0.444 e. The van der Waals surface area contributed by atoms with Crippen LogP contribution in [0.3, 0.4) is 0 Å². The summed E-state index contributed by atoms with van der Waals surface area (Å²) >= 11 is 0. The zero-order chi connectivity index (χ0) is 10.9. The van der Waals surface area contributed by atoms with Crippen LogP contribution < -0.4 is 0 Å². The molecular formula is C10H17NO3. The average molecular weight is 199 g/mol. The van der Waals surface area contributed by atoms with Gasteiger partial charge in [-0.2, -0.15) is 0 Å². The van der Waals surface area contributed by atoms with E-state index >= 15 is 0 Å². The second kappa shape index (κ2) is 3.59. The highest BCUT2D eigenvalue weighted by atomic mass is 16.6. The van der Waals surface area contributed by atoms with Crippen LogP contribution >= 0.6 is 0 Å². The molecule has 0 aromatic heterocycles. The maximum Gasteiger partial charge on any atom is 0.410 e. The Hall–Kier alpha value is -1.06. The Kier molecular flexibility index (Phi) is 2.83. The molecular weight excluding hydrogens is 182 g/mol. The van der Waals surface area contributed by atoms with Gasteiger partial charge in [0.1, 0.15) is 5.60 Å². The third kappa shape index (κ3) is 2.47. The molecule has 0 saturated carbocycles. The molecule has 0 aromatic carbocycles. The van der Waals surface area contributed by atoms with Crippen LogP contribution in [-0.2, 0) is 9.53 Å². The fourth-order valence-corrected chi connectivity index (χ4v) is 1.38. The number of hydrogen-bond donors (Lipinski definition) is 0. The fraction of sp³-hybridized carbons (Fsp3) is 0.800. The van der Waals surface area contributed by atoms with Crippen molar-refractivity contribution in [1.29, 1.82) is 0 Å². The summed E-state index contributed by atoms with van der Waals surface area (Å²) in [6, 6.07) is -0.329. The first kappa shape index (κ1) is 11.0. The van der Waals surface area contributed by atoms with Gasteiger partial charge in [0.2, 0.25) is 0 Å². The van der Waals surface area contributed by atoms with Crippen molar-refractivity contribution in [1.82, 2.24) is 4.90 Å². The maximum absolute atomic E-state index is 11.6. The molecule has 4 nitrogen and oxygen atoms in total. The number of carbonyl (C=O) groups is 2. The summed E-state index contributed by atoms with van der Waals surface area (Å²) in [6.07, 6.45) is 0.0521. The SMILES string of the molecule is C[C@H]1C(=O)CCN1C(=O)OC(C)(C)C. The number of ether oxygens (including phenoxy) is 1. The molecule has 1 saturated heterocycles. The molecule has 0 N–H and O–H groups in total. The summed E-state index contributed by atoms with van der Waals surface area (Å²) in [5, 5.41) is 0. The number of hydrogen-bond acceptors (Lipinski definition) is 3. The molecule has 0 bridgehead atoms. The van der Waals surface area contributed by atoms with E-state index < -0.39 is 11.7 Å². The Bertz CT molecular complexity index is 255. The second-order valence-electron chi connectivity index (χ2n) is 4.57. The van der Waals surface area contributed by atoms with E-state index in [9.17, 15) is 9.59 Å². The smallest absolute Gasteiger partial charge is 0.410 e. The van der Waals surface area contributed by atoms with Crippen molar-refractivity contribution in [2.45, 2.75) is 45.8 Å². The second-order valence-corrected chi connectivity index (χ2v) is 4.57. The van der Waals surface area contributed by atoms with Gasteiger partial charge in [0.15, 0.2) is 5.78 Å². The van der Waals surface area contributed by atoms with Crippen molar-refractivity contribution < 1.29 is 14.3 Å². The molecule has 0 unspecified atom stereocenters. The highest BCUT2D eigenvalue weighted by molar-refractivity contribution is 5.90. The molecule has 1 aliphatic rings. The summed E-state index contributed by atoms with van der Waals surface area (Å²) < 4.78 is 5.18. The molecule has 80 valence electrons. The van der Waals surface area contributed by atoms with Gasteiger partial charge in [0, 0.05) is 13.0 Å². The van der Waals surface area contributed by atoms with Crippen LogP contribution in [0, 0.1) is 0 Å². The van der Waals surface area contributed by atoms with E-state index in [0.717, 1.165) is 0 Å². The lowest BCUT2D eigenvalue weighted by Gasteiger charge is -2.26. The van der Waals surface area contributed by atoms with Crippen LogP contribution in [0.4, 0.5) is 4.79 Å². The standard InChI is InChI=1S/C10H17NO3/c1-7-8(12)5-6-11(7)9(13)14-10(2,3)4/h7H,5-6H2,1-4H3/t7-/m0/s1. The van der Waals surface area contributed by atoms with Crippen LogP contribution in [0.2, 0.25) is 0 Å². The van der Waals surface area contributed by atoms with E-state index in [1.54, 1.807) is 6.92 Å². The molecule has 14 heavy (non-hydrogen) atoms. The zero-order valence-electron chi connectivity index (χ0n) is 9.16. The number of Topliss-reactive ketones (excluding diaryl/α,β-unsaturated/α-hetero) is 1. The summed E-state index contributed by atoms with van der Waals surface area (Å²) in [6.45, 7) is 7.66. The molecule has 0 spiro atoms. The molecule has 4 heteroatoms. The third-order valence-electron chi connectivity index (χ3n) is 2.16. The minimum atomic E-state index is -0.498. The minimum absolute atomic E-state index is 0.107. The normalized spacial score (nSPS) is 22.7. The number of amides is 1. The molecule has 1 heterocycles. The quantitative estimate of drug-likeness (QED) is 0.595. The van der Waals surface area contributed by atoms with Gasteiger partial charge in [-0.05, 0) is 27.7 Å². The molecule has 0 aromatic rings. The van der Waals surface area contributed by atoms with Gasteiger partial charge in [-0.25, -0.2) is 4.79 Å². The number of nitrogens with zero attached hydrogens (tertiary/aromatic N) is 1. The largest absolute Gasteiger partial charge is 0.444 e. The van der Waals surface area contributed by atoms with Crippen molar-refractivity contribution in [2.75, 3.05) is 6.54 Å². The Morgan fingerprint density at radius 3 is 2.43 bits per heavy atom. The maximum atomic E-state index is 11.6. The Morgan fingerprint density at radius 1 is 1.50 bits per heavy atom. The van der Waals surface area contributed by atoms with Gasteiger partial charge in [0.25, 0.3) is 0 Å². The van der Waals surface area contributed by atoms with Gasteiger partial charge in [-0.1, -0.05) is 0 Å². The highest BCUT2D eigenvalue weighted by Crippen LogP contribution is 2.17. The van der Waals surface area contributed by atoms with E-state index in [0.29, 0.717) is 13.0 Å². The van der Waals surface area contributed by atoms with Crippen molar-refractivity contribution >= 4 is 11.9 Å². The molecule has 1 amide bonds. The van der Waals surface area contributed by atoms with E-state index in [4.69, 9.17) is 4.74 Å². The van der Waals surface area contributed by atoms with Crippen LogP contribution in [0.5, 0.6) is 0 Å². The first-order chi connectivity index (χ1) is 6.31. The first-order valence-corrected chi connectivity index (χ1v) is 4.83. The summed E-state index contributed by atoms with van der Waals surface area (Å²) in [7, 11) is 0. The summed E-state index contributed by atoms with van der Waals surface area (Å²) in [4.78, 5) is 24.3. The Morgan fingerprint density at radius 2 is 2.07 bits per heavy atom. The van der Waals surface area contributed by atoms with Crippen LogP contribution in [0.25, 0.3) is 0 Å². The molecule has 1 atom stereocenters. The number of rotatable bonds is 0. The van der Waals surface area contributed by atoms with Gasteiger partial charge in [-0.15, -0.1) is 0 Å². The number of carbonyl (C=O) groups excluding carboxylic acids is 2. The van der Waals surface area contributed by atoms with Crippen LogP contribution in [-0.4, -0.2) is 35.0 Å². The van der Waals surface area contributed by atoms with Crippen LogP contribution in [0.1, 0.15) is 34.1 Å². The van der Waals surface area contributed by atoms with Crippen molar-refractivity contribution in [2.24, 2.45) is 0 Å². The topological polar surface area (TPSA) is 46.6 Å². The lowest BCUT2D eigenvalue weighted by molar-refractivity contribution is -0.119. The van der Waals surface area contributed by atoms with Crippen molar-refractivity contribution in [3.63, 3.8) is 0 Å². The van der Waals surface area contributed by atoms with E-state index in [-0.39, 0.29) is 11.8 Å². The molecule has 0 aliphatic carbocycles. The molecule has 1 fully saturated rings. The third-order valence-corrected chi connectivity index (χ3v) is 2.16. The van der Waals surface area contributed by atoms with E-state index in [1.165, 1.54) is 4.90 Å². The van der Waals surface area contributed by atoms with E-state index in [2.05, 4.69) is 0 Å². The molecule has 0 radical (unpaired) electrons. The summed E-state index contributed by atoms with van der Waals surface area (Å²) in [5.41, 5.74) is -0.498. The average Bonchev–Trinajstić information content (AvgIpc) is 2.29. The van der Waals surface area contributed by atoms with Crippen molar-refractivity contribution in [3.8, 4) is 0 Å². The predicted molar refractivity (Wildman–Crippen MR) is 52.0 cm³/mol. The Balaban J connectivity index is 2.58. The van der Waals surface area contributed by atoms with Gasteiger partial charge in [0.05, 0.1) is 6.04 Å². The van der Waals surface area contributed by atoms with Gasteiger partial charge < -0.3 is 4.74 Å². The molecule has 1 aliphatic heterocycles. The van der Waals surface area contributed by atoms with Gasteiger partial charge in [-0.3, -0.25) is 9.69 Å². The summed E-state index contributed by atoms with van der Waals surface area (Å²) in [5.74, 6) is 0.107. The van der Waals surface area contributed by atoms with Crippen molar-refractivity contribution in [3.05, 3.63) is 0 Å². The highest BCUT2D eigenvalue weighted by Gasteiger charge is 2.34. The first-order valence-electron chi connectivity index (χ1n) is 4.83. The van der Waals surface area contributed by atoms with Gasteiger partial charge >= 0.3 is 6.09 Å². The van der Waals surface area contributed by atoms with Crippen LogP contribution in [0.15, 0.2) is 0 Å². The predicted octanol–water partition coefficient (Wildman–Crippen LogP) is 1.58.